The molecule has 1 atom stereocenters. The summed E-state index contributed by atoms with van der Waals surface area (Å²) in [5.74, 6) is -0.534. The van der Waals surface area contributed by atoms with E-state index in [0.29, 0.717) is 5.56 Å². The number of carbonyl (C=O) groups excluding carboxylic acids is 2. The van der Waals surface area contributed by atoms with Crippen LogP contribution in [-0.4, -0.2) is 61.7 Å². The van der Waals surface area contributed by atoms with Crippen LogP contribution in [0.1, 0.15) is 22.8 Å². The molecule has 3 rings (SSSR count). The highest BCUT2D eigenvalue weighted by atomic mass is 32.2. The summed E-state index contributed by atoms with van der Waals surface area (Å²) in [6.45, 7) is 4.56. The quantitative estimate of drug-likeness (QED) is 0.804. The first kappa shape index (κ1) is 21.0. The van der Waals surface area contributed by atoms with Crippen LogP contribution in [0.15, 0.2) is 59.5 Å². The van der Waals surface area contributed by atoms with Gasteiger partial charge in [-0.2, -0.15) is 4.31 Å². The predicted octanol–water partition coefficient (Wildman–Crippen LogP) is 1.65. The second kappa shape index (κ2) is 8.75. The second-order valence-electron chi connectivity index (χ2n) is 7.10. The molecule has 0 aromatic heterocycles. The van der Waals surface area contributed by atoms with Crippen LogP contribution in [0.3, 0.4) is 0 Å². The third-order valence-corrected chi connectivity index (χ3v) is 6.88. The summed E-state index contributed by atoms with van der Waals surface area (Å²) in [5, 5.41) is 2.70. The van der Waals surface area contributed by atoms with Crippen LogP contribution in [0.5, 0.6) is 0 Å². The van der Waals surface area contributed by atoms with E-state index < -0.39 is 16.1 Å². The zero-order valence-corrected chi connectivity index (χ0v) is 17.4. The summed E-state index contributed by atoms with van der Waals surface area (Å²) < 4.78 is 27.0. The maximum absolute atomic E-state index is 12.8. The topological polar surface area (TPSA) is 86.8 Å². The summed E-state index contributed by atoms with van der Waals surface area (Å²) in [6, 6.07) is 14.7. The minimum atomic E-state index is -3.58. The van der Waals surface area contributed by atoms with Crippen LogP contribution in [-0.2, 0) is 14.8 Å². The number of hydrogen-bond donors (Lipinski definition) is 1. The van der Waals surface area contributed by atoms with E-state index in [4.69, 9.17) is 0 Å². The molecular formula is C21H25N3O4S. The standard InChI is InChI=1S/C21H25N3O4S/c1-16-8-10-19(11-9-16)29(27,28)24-14-12-23(13-15-24)21(26)17(2)22-20(25)18-6-4-3-5-7-18/h3-11,17H,12-15H2,1-2H3,(H,22,25)/t17-/m0/s1. The van der Waals surface area contributed by atoms with E-state index >= 15 is 0 Å². The molecular weight excluding hydrogens is 390 g/mol. The fourth-order valence-corrected chi connectivity index (χ4v) is 4.64. The van der Waals surface area contributed by atoms with E-state index in [1.807, 2.05) is 13.0 Å². The Morgan fingerprint density at radius 2 is 1.52 bits per heavy atom. The molecule has 1 N–H and O–H groups in total. The van der Waals surface area contributed by atoms with Crippen molar-refractivity contribution < 1.29 is 18.0 Å². The van der Waals surface area contributed by atoms with Gasteiger partial charge in [0, 0.05) is 31.7 Å². The van der Waals surface area contributed by atoms with Crippen molar-refractivity contribution in [3.63, 3.8) is 0 Å². The molecule has 2 amide bonds. The number of aryl methyl sites for hydroxylation is 1. The summed E-state index contributed by atoms with van der Waals surface area (Å²) in [6.07, 6.45) is 0. The first-order chi connectivity index (χ1) is 13.8. The molecule has 1 aliphatic heterocycles. The number of amides is 2. The predicted molar refractivity (Wildman–Crippen MR) is 110 cm³/mol. The Balaban J connectivity index is 1.57. The van der Waals surface area contributed by atoms with Gasteiger partial charge in [-0.25, -0.2) is 8.42 Å². The molecule has 8 heteroatoms. The van der Waals surface area contributed by atoms with Crippen molar-refractivity contribution in [1.29, 1.82) is 0 Å². The average Bonchev–Trinajstić information content (AvgIpc) is 2.74. The number of benzene rings is 2. The summed E-state index contributed by atoms with van der Waals surface area (Å²) in [5.41, 5.74) is 1.48. The lowest BCUT2D eigenvalue weighted by molar-refractivity contribution is -0.134. The van der Waals surface area contributed by atoms with Gasteiger partial charge in [-0.15, -0.1) is 0 Å². The third kappa shape index (κ3) is 4.83. The maximum Gasteiger partial charge on any atom is 0.251 e. The highest BCUT2D eigenvalue weighted by Gasteiger charge is 2.31. The van der Waals surface area contributed by atoms with Crippen molar-refractivity contribution in [2.24, 2.45) is 0 Å². The Labute approximate surface area is 171 Å². The lowest BCUT2D eigenvalue weighted by atomic mass is 10.2. The van der Waals surface area contributed by atoms with Gasteiger partial charge >= 0.3 is 0 Å². The highest BCUT2D eigenvalue weighted by molar-refractivity contribution is 7.89. The molecule has 2 aromatic carbocycles. The van der Waals surface area contributed by atoms with Gasteiger partial charge in [0.15, 0.2) is 0 Å². The van der Waals surface area contributed by atoms with E-state index in [1.165, 1.54) is 4.31 Å². The van der Waals surface area contributed by atoms with Gasteiger partial charge in [0.2, 0.25) is 15.9 Å². The zero-order chi connectivity index (χ0) is 21.0. The van der Waals surface area contributed by atoms with Crippen LogP contribution < -0.4 is 5.32 Å². The van der Waals surface area contributed by atoms with Crippen molar-refractivity contribution in [3.8, 4) is 0 Å². The zero-order valence-electron chi connectivity index (χ0n) is 16.5. The van der Waals surface area contributed by atoms with Gasteiger partial charge in [0.05, 0.1) is 4.90 Å². The molecule has 7 nitrogen and oxygen atoms in total. The number of piperazine rings is 1. The van der Waals surface area contributed by atoms with Crippen molar-refractivity contribution in [2.75, 3.05) is 26.2 Å². The number of sulfonamides is 1. The van der Waals surface area contributed by atoms with Crippen LogP contribution in [0.4, 0.5) is 0 Å². The molecule has 1 aliphatic rings. The van der Waals surface area contributed by atoms with Gasteiger partial charge in [-0.05, 0) is 38.1 Å². The fourth-order valence-electron chi connectivity index (χ4n) is 3.21. The Hall–Kier alpha value is -2.71. The van der Waals surface area contributed by atoms with Crippen molar-refractivity contribution in [3.05, 3.63) is 65.7 Å². The number of nitrogens with zero attached hydrogens (tertiary/aromatic N) is 2. The molecule has 0 saturated carbocycles. The minimum absolute atomic E-state index is 0.221. The molecule has 2 aromatic rings. The Kier molecular flexibility index (Phi) is 6.34. The molecule has 1 fully saturated rings. The SMILES string of the molecule is Cc1ccc(S(=O)(=O)N2CCN(C(=O)[C@H](C)NC(=O)c3ccccc3)CC2)cc1. The number of hydrogen-bond acceptors (Lipinski definition) is 4. The molecule has 1 heterocycles. The second-order valence-corrected chi connectivity index (χ2v) is 9.04. The van der Waals surface area contributed by atoms with Crippen LogP contribution in [0, 0.1) is 6.92 Å². The number of carbonyl (C=O) groups is 2. The molecule has 154 valence electrons. The van der Waals surface area contributed by atoms with Crippen LogP contribution in [0.25, 0.3) is 0 Å². The van der Waals surface area contributed by atoms with Crippen molar-refractivity contribution in [1.82, 2.24) is 14.5 Å². The summed E-state index contributed by atoms with van der Waals surface area (Å²) in [4.78, 5) is 26.8. The van der Waals surface area contributed by atoms with E-state index in [9.17, 15) is 18.0 Å². The molecule has 29 heavy (non-hydrogen) atoms. The lowest BCUT2D eigenvalue weighted by Gasteiger charge is -2.35. The van der Waals surface area contributed by atoms with Crippen LogP contribution in [0.2, 0.25) is 0 Å². The molecule has 0 bridgehead atoms. The van der Waals surface area contributed by atoms with E-state index in [1.54, 1.807) is 60.4 Å². The van der Waals surface area contributed by atoms with E-state index in [2.05, 4.69) is 5.32 Å². The maximum atomic E-state index is 12.8. The van der Waals surface area contributed by atoms with Gasteiger partial charge in [0.25, 0.3) is 5.91 Å². The van der Waals surface area contributed by atoms with Gasteiger partial charge < -0.3 is 10.2 Å². The number of nitrogens with one attached hydrogen (secondary N) is 1. The average molecular weight is 416 g/mol. The Bertz CT molecular complexity index is 967. The molecule has 0 radical (unpaired) electrons. The highest BCUT2D eigenvalue weighted by Crippen LogP contribution is 2.18. The minimum Gasteiger partial charge on any atom is -0.341 e. The smallest absolute Gasteiger partial charge is 0.251 e. The molecule has 0 aliphatic carbocycles. The molecule has 0 unspecified atom stereocenters. The van der Waals surface area contributed by atoms with Gasteiger partial charge in [-0.3, -0.25) is 9.59 Å². The van der Waals surface area contributed by atoms with E-state index in [0.717, 1.165) is 5.56 Å². The largest absolute Gasteiger partial charge is 0.341 e. The Morgan fingerprint density at radius 1 is 0.931 bits per heavy atom. The normalized spacial score (nSPS) is 16.3. The molecule has 1 saturated heterocycles. The Morgan fingerprint density at radius 3 is 2.10 bits per heavy atom. The van der Waals surface area contributed by atoms with Gasteiger partial charge in [0.1, 0.15) is 6.04 Å². The lowest BCUT2D eigenvalue weighted by Crippen LogP contribution is -2.55. The van der Waals surface area contributed by atoms with Crippen LogP contribution >= 0.6 is 0 Å². The number of rotatable bonds is 5. The van der Waals surface area contributed by atoms with Crippen molar-refractivity contribution >= 4 is 21.8 Å². The summed E-state index contributed by atoms with van der Waals surface area (Å²) >= 11 is 0. The monoisotopic (exact) mass is 415 g/mol. The first-order valence-electron chi connectivity index (χ1n) is 9.50. The van der Waals surface area contributed by atoms with Crippen molar-refractivity contribution in [2.45, 2.75) is 24.8 Å². The first-order valence-corrected chi connectivity index (χ1v) is 10.9. The summed E-state index contributed by atoms with van der Waals surface area (Å²) in [7, 11) is -3.58. The fraction of sp³-hybridized carbons (Fsp3) is 0.333. The molecule has 0 spiro atoms. The third-order valence-electron chi connectivity index (χ3n) is 4.96. The van der Waals surface area contributed by atoms with Gasteiger partial charge in [-0.1, -0.05) is 35.9 Å². The van der Waals surface area contributed by atoms with E-state index in [-0.39, 0.29) is 42.9 Å².